The topological polar surface area (TPSA) is 37.3 Å². The van der Waals surface area contributed by atoms with Crippen LogP contribution in [-0.4, -0.2) is 11.1 Å². The fourth-order valence-electron chi connectivity index (χ4n) is 2.99. The zero-order valence-electron chi connectivity index (χ0n) is 15.9. The van der Waals surface area contributed by atoms with Crippen molar-refractivity contribution in [1.29, 1.82) is 0 Å². The normalized spacial score (nSPS) is 14.4. The number of hydrogen-bond acceptors (Lipinski definition) is 1. The zero-order valence-corrected chi connectivity index (χ0v) is 18.6. The molecule has 1 N–H and O–H groups in total. The van der Waals surface area contributed by atoms with Crippen molar-refractivity contribution in [2.75, 3.05) is 0 Å². The first-order chi connectivity index (χ1) is 10.3. The van der Waals surface area contributed by atoms with E-state index in [4.69, 9.17) is 5.11 Å². The monoisotopic (exact) mass is 462 g/mol. The molecule has 0 aliphatic heterocycles. The van der Waals surface area contributed by atoms with Crippen LogP contribution >= 0.6 is 0 Å². The van der Waals surface area contributed by atoms with Gasteiger partial charge in [0.2, 0.25) is 0 Å². The maximum absolute atomic E-state index is 10.5. The predicted octanol–water partition coefficient (Wildman–Crippen LogP) is 6.46. The van der Waals surface area contributed by atoms with E-state index in [0.29, 0.717) is 0 Å². The molecule has 0 saturated heterocycles. The second kappa shape index (κ2) is 16.0. The average Bonchev–Trinajstić information content (AvgIpc) is 2.37. The van der Waals surface area contributed by atoms with Gasteiger partial charge in [-0.1, -0.05) is 78.2 Å². The van der Waals surface area contributed by atoms with Gasteiger partial charge in [0.1, 0.15) is 0 Å². The van der Waals surface area contributed by atoms with Gasteiger partial charge in [0.15, 0.2) is 0 Å². The first-order valence-electron chi connectivity index (χ1n) is 9.21. The molecule has 0 radical (unpaired) electrons. The fourth-order valence-corrected chi connectivity index (χ4v) is 2.99. The molecule has 2 nitrogen and oxygen atoms in total. The quantitative estimate of drug-likeness (QED) is 0.320. The molecular weight excluding hydrogens is 423 g/mol. The Kier molecular flexibility index (Phi) is 18.0. The summed E-state index contributed by atoms with van der Waals surface area (Å²) in [6, 6.07) is 0. The molecule has 0 bridgehead atoms. The fraction of sp³-hybridized carbons (Fsp3) is 0.850. The van der Waals surface area contributed by atoms with E-state index >= 15 is 0 Å². The third-order valence-electron chi connectivity index (χ3n) is 4.51. The van der Waals surface area contributed by atoms with Crippen molar-refractivity contribution >= 4 is 5.97 Å². The summed E-state index contributed by atoms with van der Waals surface area (Å²) in [6.45, 7) is 11.3. The van der Waals surface area contributed by atoms with E-state index in [2.05, 4.69) is 27.7 Å². The van der Waals surface area contributed by atoms with Crippen LogP contribution in [0.4, 0.5) is 0 Å². The van der Waals surface area contributed by atoms with Gasteiger partial charge in [0.05, 0.1) is 0 Å². The van der Waals surface area contributed by atoms with E-state index in [0.717, 1.165) is 36.2 Å². The van der Waals surface area contributed by atoms with Gasteiger partial charge in [-0.3, -0.25) is 0 Å². The van der Waals surface area contributed by atoms with Crippen molar-refractivity contribution in [3.8, 4) is 0 Å². The van der Waals surface area contributed by atoms with E-state index in [9.17, 15) is 4.79 Å². The first-order valence-corrected chi connectivity index (χ1v) is 9.21. The van der Waals surface area contributed by atoms with Gasteiger partial charge in [-0.25, -0.2) is 4.79 Å². The molecule has 0 rings (SSSR count). The van der Waals surface area contributed by atoms with Gasteiger partial charge in [-0.05, 0) is 37.5 Å². The van der Waals surface area contributed by atoms with Crippen LogP contribution in [0.1, 0.15) is 92.4 Å². The molecule has 0 heterocycles. The predicted molar refractivity (Wildman–Crippen MR) is 96.1 cm³/mol. The Morgan fingerprint density at radius 3 is 1.74 bits per heavy atom. The Morgan fingerprint density at radius 1 is 0.870 bits per heavy atom. The number of allylic oxidation sites excluding steroid dienone is 1. The molecule has 0 spiro atoms. The third-order valence-corrected chi connectivity index (χ3v) is 4.51. The standard InChI is InChI=1S/C20H38O2.Sm/c1-16(2)9-6-10-17(3)11-7-12-18(4)13-8-14-19(5)15-20(21)22;/h15-18H,6-14H2,1-5H3,(H,21,22);/b19-15+;/t17-,18-;/m1./s1. The number of hydrogen-bond donors (Lipinski definition) is 1. The van der Waals surface area contributed by atoms with Crippen LogP contribution in [-0.2, 0) is 4.79 Å². The molecule has 3 heteroatoms. The zero-order chi connectivity index (χ0) is 17.0. The molecule has 2 atom stereocenters. The van der Waals surface area contributed by atoms with Gasteiger partial charge in [-0.2, -0.15) is 0 Å². The Bertz CT molecular complexity index is 324. The molecule has 0 aromatic heterocycles. The Morgan fingerprint density at radius 2 is 1.30 bits per heavy atom. The third kappa shape index (κ3) is 18.7. The number of carbonyl (C=O) groups is 1. The van der Waals surface area contributed by atoms with Crippen LogP contribution in [0.3, 0.4) is 0 Å². The molecule has 0 aromatic rings. The molecule has 136 valence electrons. The summed E-state index contributed by atoms with van der Waals surface area (Å²) in [5, 5.41) is 8.68. The van der Waals surface area contributed by atoms with Crippen molar-refractivity contribution in [3.63, 3.8) is 0 Å². The van der Waals surface area contributed by atoms with Crippen molar-refractivity contribution < 1.29 is 50.3 Å². The van der Waals surface area contributed by atoms with Gasteiger partial charge < -0.3 is 5.11 Å². The summed E-state index contributed by atoms with van der Waals surface area (Å²) in [5.74, 6) is 1.65. The number of carboxylic acids is 1. The summed E-state index contributed by atoms with van der Waals surface area (Å²) in [7, 11) is 0. The van der Waals surface area contributed by atoms with E-state index < -0.39 is 5.97 Å². The van der Waals surface area contributed by atoms with Crippen LogP contribution in [0.2, 0.25) is 0 Å². The number of aliphatic carboxylic acids is 1. The van der Waals surface area contributed by atoms with Crippen LogP contribution in [0.25, 0.3) is 0 Å². The second-order valence-electron chi connectivity index (χ2n) is 7.69. The maximum Gasteiger partial charge on any atom is 0.328 e. The van der Waals surface area contributed by atoms with Crippen molar-refractivity contribution in [2.45, 2.75) is 92.4 Å². The van der Waals surface area contributed by atoms with E-state index in [-0.39, 0.29) is 40.4 Å². The largest absolute Gasteiger partial charge is 0.478 e. The SMILES string of the molecule is C/C(=C\C(=O)O)CCC[C@H](C)CCC[C@H](C)CCCC(C)C.[Sm]. The van der Waals surface area contributed by atoms with Crippen LogP contribution in [0.5, 0.6) is 0 Å². The Labute approximate surface area is 177 Å². The van der Waals surface area contributed by atoms with E-state index in [1.165, 1.54) is 51.0 Å². The van der Waals surface area contributed by atoms with Gasteiger partial charge in [0.25, 0.3) is 0 Å². The number of rotatable bonds is 13. The smallest absolute Gasteiger partial charge is 0.328 e. The Balaban J connectivity index is 0. The number of carboxylic acid groups (broad SMARTS) is 1. The Hall–Kier alpha value is 0.548. The van der Waals surface area contributed by atoms with Crippen molar-refractivity contribution in [3.05, 3.63) is 11.6 Å². The summed E-state index contributed by atoms with van der Waals surface area (Å²) in [5.41, 5.74) is 0.985. The van der Waals surface area contributed by atoms with Gasteiger partial charge in [-0.15, -0.1) is 0 Å². The van der Waals surface area contributed by atoms with E-state index in [1.54, 1.807) is 0 Å². The van der Waals surface area contributed by atoms with Crippen LogP contribution in [0.15, 0.2) is 11.6 Å². The first kappa shape index (κ1) is 25.8. The summed E-state index contributed by atoms with van der Waals surface area (Å²) in [6.07, 6.45) is 12.7. The summed E-state index contributed by atoms with van der Waals surface area (Å²) in [4.78, 5) is 10.5. The molecule has 0 saturated carbocycles. The average molecular weight is 461 g/mol. The van der Waals surface area contributed by atoms with Crippen LogP contribution < -0.4 is 0 Å². The minimum Gasteiger partial charge on any atom is -0.478 e. The molecule has 0 aromatic carbocycles. The molecule has 23 heavy (non-hydrogen) atoms. The molecular formula is C20H38O2Sm. The summed E-state index contributed by atoms with van der Waals surface area (Å²) < 4.78 is 0. The second-order valence-corrected chi connectivity index (χ2v) is 7.69. The van der Waals surface area contributed by atoms with Gasteiger partial charge in [0, 0.05) is 46.5 Å². The molecule has 0 aliphatic carbocycles. The van der Waals surface area contributed by atoms with Crippen molar-refractivity contribution in [1.82, 2.24) is 0 Å². The molecule has 0 aliphatic rings. The minimum atomic E-state index is -0.822. The molecule has 0 amide bonds. The summed E-state index contributed by atoms with van der Waals surface area (Å²) >= 11 is 0. The maximum atomic E-state index is 10.5. The minimum absolute atomic E-state index is 0. The van der Waals surface area contributed by atoms with Gasteiger partial charge >= 0.3 is 5.97 Å². The van der Waals surface area contributed by atoms with Crippen molar-refractivity contribution in [2.24, 2.45) is 17.8 Å². The molecule has 0 unspecified atom stereocenters. The molecule has 0 fully saturated rings. The van der Waals surface area contributed by atoms with Crippen LogP contribution in [0, 0.1) is 58.1 Å². The van der Waals surface area contributed by atoms with E-state index in [1.807, 2.05) is 6.92 Å².